The molecule has 0 atom stereocenters. The first-order valence-corrected chi connectivity index (χ1v) is 8.31. The van der Waals surface area contributed by atoms with Crippen LogP contribution in [0.3, 0.4) is 0 Å². The summed E-state index contributed by atoms with van der Waals surface area (Å²) in [5.74, 6) is -0.903. The van der Waals surface area contributed by atoms with E-state index in [9.17, 15) is 9.59 Å². The molecule has 0 bridgehead atoms. The van der Waals surface area contributed by atoms with Gasteiger partial charge in [-0.05, 0) is 60.1 Å². The van der Waals surface area contributed by atoms with E-state index in [4.69, 9.17) is 5.11 Å². The van der Waals surface area contributed by atoms with Gasteiger partial charge in [-0.15, -0.1) is 0 Å². The first kappa shape index (κ1) is 16.2. The van der Waals surface area contributed by atoms with Gasteiger partial charge in [-0.25, -0.2) is 4.79 Å². The van der Waals surface area contributed by atoms with Crippen molar-refractivity contribution < 1.29 is 14.7 Å². The van der Waals surface area contributed by atoms with Crippen LogP contribution in [0.1, 0.15) is 39.0 Å². The summed E-state index contributed by atoms with van der Waals surface area (Å²) in [6, 6.07) is 13.1. The maximum absolute atomic E-state index is 12.1. The molecule has 0 spiro atoms. The summed E-state index contributed by atoms with van der Waals surface area (Å²) in [6.45, 7) is 0.552. The lowest BCUT2D eigenvalue weighted by atomic mass is 10.0. The van der Waals surface area contributed by atoms with Gasteiger partial charge in [0.1, 0.15) is 0 Å². The molecule has 2 aromatic rings. The summed E-state index contributed by atoms with van der Waals surface area (Å²) in [5.41, 5.74) is 5.17. The minimum absolute atomic E-state index is 0.0232. The van der Waals surface area contributed by atoms with Crippen molar-refractivity contribution in [3.63, 3.8) is 0 Å². The van der Waals surface area contributed by atoms with Crippen molar-refractivity contribution in [2.75, 3.05) is 6.54 Å². The van der Waals surface area contributed by atoms with Gasteiger partial charge in [0.25, 0.3) is 0 Å². The molecule has 1 aliphatic rings. The third-order valence-electron chi connectivity index (χ3n) is 4.46. The Kier molecular flexibility index (Phi) is 4.94. The Morgan fingerprint density at radius 2 is 1.67 bits per heavy atom. The molecular formula is C20H21NO3. The van der Waals surface area contributed by atoms with E-state index in [0.29, 0.717) is 19.4 Å². The third-order valence-corrected chi connectivity index (χ3v) is 4.46. The van der Waals surface area contributed by atoms with E-state index in [-0.39, 0.29) is 11.5 Å². The van der Waals surface area contributed by atoms with E-state index < -0.39 is 5.97 Å². The van der Waals surface area contributed by atoms with Crippen LogP contribution in [0.15, 0.2) is 42.5 Å². The second-order valence-electron chi connectivity index (χ2n) is 6.24. The minimum atomic E-state index is -0.927. The molecule has 3 rings (SSSR count). The number of carbonyl (C=O) groups excluding carboxylic acids is 1. The van der Waals surface area contributed by atoms with E-state index in [0.717, 1.165) is 24.0 Å². The number of amides is 1. The number of aryl methyl sites for hydroxylation is 2. The molecule has 0 fully saturated rings. The quantitative estimate of drug-likeness (QED) is 0.859. The van der Waals surface area contributed by atoms with E-state index in [1.165, 1.54) is 17.5 Å². The number of benzene rings is 2. The van der Waals surface area contributed by atoms with Gasteiger partial charge in [-0.3, -0.25) is 4.79 Å². The molecule has 0 aromatic heterocycles. The summed E-state index contributed by atoms with van der Waals surface area (Å²) < 4.78 is 0. The van der Waals surface area contributed by atoms with Crippen LogP contribution in [0.2, 0.25) is 0 Å². The van der Waals surface area contributed by atoms with Gasteiger partial charge in [0.2, 0.25) is 5.91 Å². The Morgan fingerprint density at radius 3 is 2.42 bits per heavy atom. The lowest BCUT2D eigenvalue weighted by Gasteiger charge is -2.07. The molecule has 0 saturated heterocycles. The van der Waals surface area contributed by atoms with Gasteiger partial charge in [0.05, 0.1) is 12.0 Å². The second kappa shape index (κ2) is 7.30. The number of hydrogen-bond donors (Lipinski definition) is 2. The molecule has 1 aliphatic carbocycles. The highest BCUT2D eigenvalue weighted by molar-refractivity contribution is 5.87. The number of hydrogen-bond acceptors (Lipinski definition) is 2. The highest BCUT2D eigenvalue weighted by atomic mass is 16.4. The highest BCUT2D eigenvalue weighted by Crippen LogP contribution is 2.22. The predicted molar refractivity (Wildman–Crippen MR) is 92.3 cm³/mol. The SMILES string of the molecule is O=C(Cc1ccc2c(c1)CCC2)NCCc1ccc(C(=O)O)cc1. The molecule has 0 radical (unpaired) electrons. The molecule has 4 heteroatoms. The molecule has 24 heavy (non-hydrogen) atoms. The van der Waals surface area contributed by atoms with Crippen LogP contribution in [-0.2, 0) is 30.5 Å². The van der Waals surface area contributed by atoms with Crippen LogP contribution in [0.4, 0.5) is 0 Å². The van der Waals surface area contributed by atoms with Gasteiger partial charge in [0, 0.05) is 6.54 Å². The third kappa shape index (κ3) is 4.02. The maximum Gasteiger partial charge on any atom is 0.335 e. The van der Waals surface area contributed by atoms with Crippen molar-refractivity contribution in [3.8, 4) is 0 Å². The fraction of sp³-hybridized carbons (Fsp3) is 0.300. The fourth-order valence-corrected chi connectivity index (χ4v) is 3.14. The second-order valence-corrected chi connectivity index (χ2v) is 6.24. The summed E-state index contributed by atoms with van der Waals surface area (Å²) in [5, 5.41) is 11.8. The van der Waals surface area contributed by atoms with E-state index >= 15 is 0 Å². The average molecular weight is 323 g/mol. The van der Waals surface area contributed by atoms with E-state index in [1.807, 2.05) is 6.07 Å². The van der Waals surface area contributed by atoms with Crippen molar-refractivity contribution in [1.82, 2.24) is 5.32 Å². The van der Waals surface area contributed by atoms with Gasteiger partial charge < -0.3 is 10.4 Å². The van der Waals surface area contributed by atoms with Crippen LogP contribution < -0.4 is 5.32 Å². The molecule has 0 aliphatic heterocycles. The summed E-state index contributed by atoms with van der Waals surface area (Å²) in [6.07, 6.45) is 4.59. The average Bonchev–Trinajstić information content (AvgIpc) is 3.03. The summed E-state index contributed by atoms with van der Waals surface area (Å²) in [7, 11) is 0. The number of carbonyl (C=O) groups is 2. The molecule has 2 N–H and O–H groups in total. The highest BCUT2D eigenvalue weighted by Gasteiger charge is 2.12. The van der Waals surface area contributed by atoms with Crippen LogP contribution in [0.25, 0.3) is 0 Å². The van der Waals surface area contributed by atoms with E-state index in [1.54, 1.807) is 24.3 Å². The number of fused-ring (bicyclic) bond motifs is 1. The Labute approximate surface area is 141 Å². The van der Waals surface area contributed by atoms with E-state index in [2.05, 4.69) is 17.4 Å². The Balaban J connectivity index is 1.46. The molecule has 0 heterocycles. The van der Waals surface area contributed by atoms with Gasteiger partial charge in [-0.1, -0.05) is 30.3 Å². The molecule has 2 aromatic carbocycles. The first-order chi connectivity index (χ1) is 11.6. The van der Waals surface area contributed by atoms with Gasteiger partial charge in [-0.2, -0.15) is 0 Å². The number of aromatic carboxylic acids is 1. The zero-order chi connectivity index (χ0) is 16.9. The topological polar surface area (TPSA) is 66.4 Å². The Hall–Kier alpha value is -2.62. The lowest BCUT2D eigenvalue weighted by Crippen LogP contribution is -2.27. The summed E-state index contributed by atoms with van der Waals surface area (Å²) in [4.78, 5) is 22.9. The van der Waals surface area contributed by atoms with Crippen LogP contribution in [0, 0.1) is 0 Å². The molecule has 0 unspecified atom stereocenters. The monoisotopic (exact) mass is 323 g/mol. The maximum atomic E-state index is 12.1. The fourth-order valence-electron chi connectivity index (χ4n) is 3.14. The summed E-state index contributed by atoms with van der Waals surface area (Å²) >= 11 is 0. The first-order valence-electron chi connectivity index (χ1n) is 8.31. The molecular weight excluding hydrogens is 302 g/mol. The van der Waals surface area contributed by atoms with Crippen molar-refractivity contribution in [3.05, 3.63) is 70.3 Å². The molecule has 4 nitrogen and oxygen atoms in total. The van der Waals surface area contributed by atoms with Gasteiger partial charge in [0.15, 0.2) is 0 Å². The van der Waals surface area contributed by atoms with Crippen molar-refractivity contribution in [2.45, 2.75) is 32.1 Å². The zero-order valence-corrected chi connectivity index (χ0v) is 13.5. The lowest BCUT2D eigenvalue weighted by molar-refractivity contribution is -0.120. The predicted octanol–water partition coefficient (Wildman–Crippen LogP) is 2.77. The molecule has 1 amide bonds. The number of carboxylic acids is 1. The van der Waals surface area contributed by atoms with Crippen molar-refractivity contribution >= 4 is 11.9 Å². The zero-order valence-electron chi connectivity index (χ0n) is 13.5. The Morgan fingerprint density at radius 1 is 0.958 bits per heavy atom. The number of nitrogens with one attached hydrogen (secondary N) is 1. The standard InChI is InChI=1S/C20H21NO3/c22-19(13-15-6-7-16-2-1-3-18(16)12-15)21-11-10-14-4-8-17(9-5-14)20(23)24/h4-9,12H,1-3,10-11,13H2,(H,21,22)(H,23,24). The van der Waals surface area contributed by atoms with Crippen LogP contribution in [-0.4, -0.2) is 23.5 Å². The van der Waals surface area contributed by atoms with Crippen molar-refractivity contribution in [2.24, 2.45) is 0 Å². The smallest absolute Gasteiger partial charge is 0.335 e. The molecule has 0 saturated carbocycles. The van der Waals surface area contributed by atoms with Crippen molar-refractivity contribution in [1.29, 1.82) is 0 Å². The minimum Gasteiger partial charge on any atom is -0.478 e. The Bertz CT molecular complexity index is 750. The number of carboxylic acid groups (broad SMARTS) is 1. The van der Waals surface area contributed by atoms with Gasteiger partial charge >= 0.3 is 5.97 Å². The largest absolute Gasteiger partial charge is 0.478 e. The van der Waals surface area contributed by atoms with Crippen LogP contribution in [0.5, 0.6) is 0 Å². The molecule has 124 valence electrons. The number of rotatable bonds is 6. The normalized spacial score (nSPS) is 12.7. The van der Waals surface area contributed by atoms with Crippen LogP contribution >= 0.6 is 0 Å².